The van der Waals surface area contributed by atoms with Gasteiger partial charge in [0.05, 0.1) is 19.5 Å². The zero-order valence-corrected chi connectivity index (χ0v) is 10.3. The third-order valence-corrected chi connectivity index (χ3v) is 3.35. The van der Waals surface area contributed by atoms with E-state index in [0.29, 0.717) is 0 Å². The van der Waals surface area contributed by atoms with Crippen LogP contribution < -0.4 is 9.46 Å². The second-order valence-electron chi connectivity index (χ2n) is 3.24. The summed E-state index contributed by atoms with van der Waals surface area (Å²) < 4.78 is 31.0. The van der Waals surface area contributed by atoms with Gasteiger partial charge in [0.1, 0.15) is 4.90 Å². The molecule has 0 unspecified atom stereocenters. The van der Waals surface area contributed by atoms with Crippen molar-refractivity contribution in [3.05, 3.63) is 36.9 Å². The van der Waals surface area contributed by atoms with Gasteiger partial charge in [0, 0.05) is 12.4 Å². The Morgan fingerprint density at radius 3 is 2.72 bits per heavy atom. The lowest BCUT2D eigenvalue weighted by atomic mass is 10.5. The Labute approximate surface area is 104 Å². The van der Waals surface area contributed by atoms with Crippen LogP contribution in [0.5, 0.6) is 5.88 Å². The van der Waals surface area contributed by atoms with E-state index in [1.165, 1.54) is 44.0 Å². The maximum absolute atomic E-state index is 11.9. The van der Waals surface area contributed by atoms with Crippen LogP contribution in [0.25, 0.3) is 0 Å². The molecule has 18 heavy (non-hydrogen) atoms. The number of hydrogen-bond acceptors (Lipinski definition) is 6. The van der Waals surface area contributed by atoms with E-state index >= 15 is 0 Å². The lowest BCUT2D eigenvalue weighted by molar-refractivity contribution is 0.396. The molecule has 1 N–H and O–H groups in total. The van der Waals surface area contributed by atoms with Crippen molar-refractivity contribution in [1.82, 2.24) is 15.0 Å². The third kappa shape index (κ3) is 2.72. The molecular formula is C10H10N4O3S. The van der Waals surface area contributed by atoms with E-state index in [0.717, 1.165) is 0 Å². The van der Waals surface area contributed by atoms with E-state index in [1.807, 2.05) is 0 Å². The van der Waals surface area contributed by atoms with Gasteiger partial charge in [-0.05, 0) is 12.1 Å². The molecule has 7 nitrogen and oxygen atoms in total. The summed E-state index contributed by atoms with van der Waals surface area (Å²) in [5.41, 5.74) is 0. The van der Waals surface area contributed by atoms with E-state index in [1.54, 1.807) is 0 Å². The van der Waals surface area contributed by atoms with Crippen LogP contribution in [0.2, 0.25) is 0 Å². The molecule has 0 saturated heterocycles. The number of methoxy groups -OCH3 is 1. The molecule has 2 rings (SSSR count). The standard InChI is InChI=1S/C10H10N4O3S/c1-17-10-7-12-6-9(13-10)14-18(15,16)8-3-2-4-11-5-8/h2-7H,1H3,(H,13,14). The minimum Gasteiger partial charge on any atom is -0.480 e. The molecule has 8 heteroatoms. The molecule has 0 fully saturated rings. The van der Waals surface area contributed by atoms with Gasteiger partial charge in [-0.25, -0.2) is 8.42 Å². The maximum Gasteiger partial charge on any atom is 0.264 e. The molecule has 0 radical (unpaired) electrons. The number of aromatic nitrogens is 3. The lowest BCUT2D eigenvalue weighted by Gasteiger charge is -2.07. The summed E-state index contributed by atoms with van der Waals surface area (Å²) in [7, 11) is -2.29. The van der Waals surface area contributed by atoms with E-state index < -0.39 is 10.0 Å². The number of pyridine rings is 1. The van der Waals surface area contributed by atoms with Gasteiger partial charge in [-0.15, -0.1) is 0 Å². The van der Waals surface area contributed by atoms with Gasteiger partial charge in [-0.2, -0.15) is 4.98 Å². The first kappa shape index (κ1) is 12.2. The number of sulfonamides is 1. The molecule has 94 valence electrons. The van der Waals surface area contributed by atoms with Crippen molar-refractivity contribution in [2.75, 3.05) is 11.8 Å². The second kappa shape index (κ2) is 4.96. The van der Waals surface area contributed by atoms with Crippen molar-refractivity contribution >= 4 is 15.8 Å². The number of anilines is 1. The van der Waals surface area contributed by atoms with Gasteiger partial charge in [0.2, 0.25) is 5.88 Å². The van der Waals surface area contributed by atoms with Crippen LogP contribution in [0.4, 0.5) is 5.82 Å². The Hall–Kier alpha value is -2.22. The Morgan fingerprint density at radius 2 is 2.06 bits per heavy atom. The number of nitrogens with zero attached hydrogens (tertiary/aromatic N) is 3. The van der Waals surface area contributed by atoms with Crippen LogP contribution in [0.15, 0.2) is 41.8 Å². The molecule has 0 atom stereocenters. The predicted octanol–water partition coefficient (Wildman–Crippen LogP) is 0.681. The quantitative estimate of drug-likeness (QED) is 0.874. The highest BCUT2D eigenvalue weighted by Gasteiger charge is 2.15. The fourth-order valence-corrected chi connectivity index (χ4v) is 2.15. The Morgan fingerprint density at radius 1 is 1.22 bits per heavy atom. The fraction of sp³-hybridized carbons (Fsp3) is 0.100. The Bertz CT molecular complexity index is 631. The summed E-state index contributed by atoms with van der Waals surface area (Å²) in [4.78, 5) is 11.5. The van der Waals surface area contributed by atoms with Gasteiger partial charge < -0.3 is 4.74 Å². The first-order chi connectivity index (χ1) is 8.62. The predicted molar refractivity (Wildman–Crippen MR) is 63.6 cm³/mol. The zero-order chi connectivity index (χ0) is 13.0. The van der Waals surface area contributed by atoms with E-state index in [4.69, 9.17) is 4.74 Å². The molecular weight excluding hydrogens is 256 g/mol. The Balaban J connectivity index is 2.28. The van der Waals surface area contributed by atoms with Crippen molar-refractivity contribution in [3.63, 3.8) is 0 Å². The van der Waals surface area contributed by atoms with Crippen LogP contribution >= 0.6 is 0 Å². The molecule has 0 amide bonds. The third-order valence-electron chi connectivity index (χ3n) is 2.01. The molecule has 0 bridgehead atoms. The van der Waals surface area contributed by atoms with Crippen LogP contribution in [0, 0.1) is 0 Å². The van der Waals surface area contributed by atoms with Gasteiger partial charge in [-0.1, -0.05) is 0 Å². The minimum absolute atomic E-state index is 0.0506. The highest BCUT2D eigenvalue weighted by atomic mass is 32.2. The molecule has 0 saturated carbocycles. The normalized spacial score (nSPS) is 10.9. The maximum atomic E-state index is 11.9. The number of nitrogens with one attached hydrogen (secondary N) is 1. The van der Waals surface area contributed by atoms with Crippen molar-refractivity contribution in [3.8, 4) is 5.88 Å². The van der Waals surface area contributed by atoms with Crippen molar-refractivity contribution < 1.29 is 13.2 Å². The topological polar surface area (TPSA) is 94.1 Å². The highest BCUT2D eigenvalue weighted by molar-refractivity contribution is 7.92. The lowest BCUT2D eigenvalue weighted by Crippen LogP contribution is -2.14. The second-order valence-corrected chi connectivity index (χ2v) is 4.92. The first-order valence-corrected chi connectivity index (χ1v) is 6.39. The molecule has 0 aliphatic heterocycles. The van der Waals surface area contributed by atoms with Crippen LogP contribution in [-0.2, 0) is 10.0 Å². The average Bonchev–Trinajstić information content (AvgIpc) is 2.39. The highest BCUT2D eigenvalue weighted by Crippen LogP contribution is 2.14. The summed E-state index contributed by atoms with van der Waals surface area (Å²) in [5, 5.41) is 0. The van der Waals surface area contributed by atoms with Crippen LogP contribution in [0.1, 0.15) is 0 Å². The number of rotatable bonds is 4. The van der Waals surface area contributed by atoms with Gasteiger partial charge in [0.15, 0.2) is 5.82 Å². The molecule has 0 aliphatic carbocycles. The van der Waals surface area contributed by atoms with E-state index in [9.17, 15) is 8.42 Å². The molecule has 2 heterocycles. The van der Waals surface area contributed by atoms with Crippen LogP contribution in [0.3, 0.4) is 0 Å². The zero-order valence-electron chi connectivity index (χ0n) is 9.44. The smallest absolute Gasteiger partial charge is 0.264 e. The fourth-order valence-electron chi connectivity index (χ4n) is 1.20. The molecule has 2 aromatic rings. The first-order valence-electron chi connectivity index (χ1n) is 4.91. The molecule has 0 aromatic carbocycles. The minimum atomic E-state index is -3.71. The summed E-state index contributed by atoms with van der Waals surface area (Å²) >= 11 is 0. The van der Waals surface area contributed by atoms with Gasteiger partial charge in [-0.3, -0.25) is 14.7 Å². The number of hydrogen-bond donors (Lipinski definition) is 1. The number of ether oxygens (including phenoxy) is 1. The summed E-state index contributed by atoms with van der Waals surface area (Å²) in [6, 6.07) is 2.97. The van der Waals surface area contributed by atoms with Crippen LogP contribution in [-0.4, -0.2) is 30.5 Å². The van der Waals surface area contributed by atoms with E-state index in [2.05, 4.69) is 19.7 Å². The van der Waals surface area contributed by atoms with Crippen molar-refractivity contribution in [2.45, 2.75) is 4.90 Å². The molecule has 0 aliphatic rings. The molecule has 0 spiro atoms. The van der Waals surface area contributed by atoms with E-state index in [-0.39, 0.29) is 16.6 Å². The summed E-state index contributed by atoms with van der Waals surface area (Å²) in [6.07, 6.45) is 5.40. The van der Waals surface area contributed by atoms with Crippen molar-refractivity contribution in [1.29, 1.82) is 0 Å². The van der Waals surface area contributed by atoms with Crippen molar-refractivity contribution in [2.24, 2.45) is 0 Å². The van der Waals surface area contributed by atoms with Gasteiger partial charge >= 0.3 is 0 Å². The van der Waals surface area contributed by atoms with Gasteiger partial charge in [0.25, 0.3) is 10.0 Å². The summed E-state index contributed by atoms with van der Waals surface area (Å²) in [5.74, 6) is 0.305. The summed E-state index contributed by atoms with van der Waals surface area (Å²) in [6.45, 7) is 0. The SMILES string of the molecule is COc1cncc(NS(=O)(=O)c2cccnc2)n1. The monoisotopic (exact) mass is 266 g/mol. The Kier molecular flexibility index (Phi) is 3.38. The average molecular weight is 266 g/mol. The largest absolute Gasteiger partial charge is 0.480 e. The molecule has 2 aromatic heterocycles.